The summed E-state index contributed by atoms with van der Waals surface area (Å²) >= 11 is 0. The number of hydrogen-bond donors (Lipinski definition) is 1. The largest absolute Gasteiger partial charge is 0.374 e. The van der Waals surface area contributed by atoms with Crippen molar-refractivity contribution in [2.75, 3.05) is 12.4 Å². The minimum atomic E-state index is 0.687. The van der Waals surface area contributed by atoms with Crippen molar-refractivity contribution in [2.45, 2.75) is 18.8 Å². The quantitative estimate of drug-likeness (QED) is 0.781. The molecular weight excluding hydrogens is 174 g/mol. The number of aromatic nitrogens is 2. The Morgan fingerprint density at radius 3 is 3.00 bits per heavy atom. The second kappa shape index (κ2) is 2.74. The summed E-state index contributed by atoms with van der Waals surface area (Å²) in [5.41, 5.74) is 1.18. The van der Waals surface area contributed by atoms with Crippen LogP contribution in [-0.2, 0) is 0 Å². The molecule has 0 unspecified atom stereocenters. The van der Waals surface area contributed by atoms with Gasteiger partial charge in [0.25, 0.3) is 0 Å². The summed E-state index contributed by atoms with van der Waals surface area (Å²) in [6, 6.07) is 6.24. The van der Waals surface area contributed by atoms with Crippen molar-refractivity contribution < 1.29 is 0 Å². The van der Waals surface area contributed by atoms with Gasteiger partial charge in [-0.15, -0.1) is 0 Å². The second-order valence-corrected chi connectivity index (χ2v) is 3.81. The molecule has 0 aromatic carbocycles. The number of nitrogens with zero attached hydrogens (tertiary/aromatic N) is 2. The van der Waals surface area contributed by atoms with Crippen molar-refractivity contribution in [3.63, 3.8) is 0 Å². The van der Waals surface area contributed by atoms with Crippen molar-refractivity contribution in [3.8, 4) is 0 Å². The Morgan fingerprint density at radius 2 is 2.29 bits per heavy atom. The van der Waals surface area contributed by atoms with Crippen LogP contribution in [0.25, 0.3) is 5.52 Å². The molecule has 0 amide bonds. The van der Waals surface area contributed by atoms with E-state index in [0.29, 0.717) is 5.92 Å². The SMILES string of the molecule is CNc1cccc2cnc(C3CC3)n12. The van der Waals surface area contributed by atoms with Crippen molar-refractivity contribution in [1.29, 1.82) is 0 Å². The van der Waals surface area contributed by atoms with Gasteiger partial charge >= 0.3 is 0 Å². The van der Waals surface area contributed by atoms with E-state index in [0.717, 1.165) is 5.82 Å². The molecule has 0 aliphatic heterocycles. The third-order valence-electron chi connectivity index (χ3n) is 2.78. The van der Waals surface area contributed by atoms with Crippen LogP contribution in [0, 0.1) is 0 Å². The Hall–Kier alpha value is -1.51. The monoisotopic (exact) mass is 187 g/mol. The smallest absolute Gasteiger partial charge is 0.117 e. The summed E-state index contributed by atoms with van der Waals surface area (Å²) in [5, 5.41) is 3.20. The maximum absolute atomic E-state index is 4.49. The first-order valence-corrected chi connectivity index (χ1v) is 5.04. The summed E-state index contributed by atoms with van der Waals surface area (Å²) in [5.74, 6) is 3.03. The molecule has 0 spiro atoms. The molecule has 1 fully saturated rings. The highest BCUT2D eigenvalue weighted by Gasteiger charge is 2.28. The third-order valence-corrected chi connectivity index (χ3v) is 2.78. The number of fused-ring (bicyclic) bond motifs is 1. The molecule has 1 N–H and O–H groups in total. The molecule has 2 heterocycles. The maximum Gasteiger partial charge on any atom is 0.117 e. The van der Waals surface area contributed by atoms with Gasteiger partial charge < -0.3 is 5.32 Å². The van der Waals surface area contributed by atoms with E-state index >= 15 is 0 Å². The van der Waals surface area contributed by atoms with Crippen LogP contribution >= 0.6 is 0 Å². The highest BCUT2D eigenvalue weighted by molar-refractivity contribution is 5.55. The Balaban J connectivity index is 2.29. The van der Waals surface area contributed by atoms with Crippen LogP contribution in [0.3, 0.4) is 0 Å². The molecule has 0 atom stereocenters. The van der Waals surface area contributed by atoms with E-state index in [1.807, 2.05) is 13.2 Å². The molecule has 3 nitrogen and oxygen atoms in total. The summed E-state index contributed by atoms with van der Waals surface area (Å²) in [7, 11) is 1.95. The zero-order chi connectivity index (χ0) is 9.54. The van der Waals surface area contributed by atoms with Crippen LogP contribution in [0.5, 0.6) is 0 Å². The molecule has 1 aliphatic carbocycles. The molecule has 0 saturated heterocycles. The molecule has 72 valence electrons. The minimum Gasteiger partial charge on any atom is -0.374 e. The van der Waals surface area contributed by atoms with Crippen LogP contribution in [0.1, 0.15) is 24.6 Å². The maximum atomic E-state index is 4.49. The van der Waals surface area contributed by atoms with Crippen LogP contribution in [0.15, 0.2) is 24.4 Å². The molecule has 14 heavy (non-hydrogen) atoms. The first kappa shape index (κ1) is 7.85. The lowest BCUT2D eigenvalue weighted by Crippen LogP contribution is -2.00. The van der Waals surface area contributed by atoms with Gasteiger partial charge in [0.1, 0.15) is 11.6 Å². The summed E-state index contributed by atoms with van der Waals surface area (Å²) in [4.78, 5) is 4.49. The van der Waals surface area contributed by atoms with E-state index in [1.54, 1.807) is 0 Å². The van der Waals surface area contributed by atoms with E-state index in [1.165, 1.54) is 24.2 Å². The van der Waals surface area contributed by atoms with Gasteiger partial charge in [0.05, 0.1) is 11.7 Å². The molecule has 3 rings (SSSR count). The number of rotatable bonds is 2. The fraction of sp³-hybridized carbons (Fsp3) is 0.364. The molecule has 0 bridgehead atoms. The van der Waals surface area contributed by atoms with E-state index in [2.05, 4.69) is 32.9 Å². The van der Waals surface area contributed by atoms with Crippen LogP contribution in [0.4, 0.5) is 5.82 Å². The highest BCUT2D eigenvalue weighted by atomic mass is 15.1. The van der Waals surface area contributed by atoms with Gasteiger partial charge in [0.15, 0.2) is 0 Å². The summed E-state index contributed by atoms with van der Waals surface area (Å²) < 4.78 is 2.22. The van der Waals surface area contributed by atoms with Crippen LogP contribution in [0.2, 0.25) is 0 Å². The summed E-state index contributed by atoms with van der Waals surface area (Å²) in [6.45, 7) is 0. The fourth-order valence-electron chi connectivity index (χ4n) is 1.90. The van der Waals surface area contributed by atoms with Gasteiger partial charge in [-0.05, 0) is 25.0 Å². The second-order valence-electron chi connectivity index (χ2n) is 3.81. The lowest BCUT2D eigenvalue weighted by molar-refractivity contribution is 0.923. The van der Waals surface area contributed by atoms with E-state index in [9.17, 15) is 0 Å². The zero-order valence-corrected chi connectivity index (χ0v) is 8.20. The van der Waals surface area contributed by atoms with Crippen molar-refractivity contribution >= 4 is 11.3 Å². The van der Waals surface area contributed by atoms with Gasteiger partial charge in [-0.25, -0.2) is 4.98 Å². The predicted octanol–water partition coefficient (Wildman–Crippen LogP) is 2.25. The highest BCUT2D eigenvalue weighted by Crippen LogP contribution is 2.40. The Bertz CT molecular complexity index is 468. The third kappa shape index (κ3) is 1.02. The standard InChI is InChI=1S/C11H13N3/c1-12-10-4-2-3-9-7-13-11(14(9)10)8-5-6-8/h2-4,7-8,12H,5-6H2,1H3. The molecule has 2 aromatic heterocycles. The molecule has 1 saturated carbocycles. The molecular formula is C11H13N3. The van der Waals surface area contributed by atoms with Crippen molar-refractivity contribution in [3.05, 3.63) is 30.2 Å². The first-order valence-electron chi connectivity index (χ1n) is 5.04. The molecule has 2 aromatic rings. The summed E-state index contributed by atoms with van der Waals surface area (Å²) in [6.07, 6.45) is 4.53. The average molecular weight is 187 g/mol. The number of pyridine rings is 1. The van der Waals surface area contributed by atoms with Gasteiger partial charge in [-0.3, -0.25) is 4.40 Å². The lowest BCUT2D eigenvalue weighted by Gasteiger charge is -2.06. The lowest BCUT2D eigenvalue weighted by atomic mass is 10.3. The predicted molar refractivity (Wildman–Crippen MR) is 56.7 cm³/mol. The Kier molecular flexibility index (Phi) is 1.54. The van der Waals surface area contributed by atoms with Gasteiger partial charge in [0.2, 0.25) is 0 Å². The zero-order valence-electron chi connectivity index (χ0n) is 8.20. The average Bonchev–Trinajstić information content (AvgIpc) is 2.97. The van der Waals surface area contributed by atoms with Gasteiger partial charge in [-0.2, -0.15) is 0 Å². The molecule has 1 aliphatic rings. The van der Waals surface area contributed by atoms with Gasteiger partial charge in [-0.1, -0.05) is 6.07 Å². The fourth-order valence-corrected chi connectivity index (χ4v) is 1.90. The van der Waals surface area contributed by atoms with Crippen LogP contribution in [-0.4, -0.2) is 16.4 Å². The minimum absolute atomic E-state index is 0.687. The number of imidazole rings is 1. The number of hydrogen-bond acceptors (Lipinski definition) is 2. The Morgan fingerprint density at radius 1 is 1.43 bits per heavy atom. The van der Waals surface area contributed by atoms with E-state index in [-0.39, 0.29) is 0 Å². The number of anilines is 1. The molecule has 3 heteroatoms. The first-order chi connectivity index (χ1) is 6.90. The van der Waals surface area contributed by atoms with E-state index < -0.39 is 0 Å². The molecule has 0 radical (unpaired) electrons. The topological polar surface area (TPSA) is 29.3 Å². The van der Waals surface area contributed by atoms with Gasteiger partial charge in [0, 0.05) is 13.0 Å². The normalized spacial score (nSPS) is 16.1. The Labute approximate surface area is 82.8 Å². The van der Waals surface area contributed by atoms with Crippen molar-refractivity contribution in [1.82, 2.24) is 9.38 Å². The number of nitrogens with one attached hydrogen (secondary N) is 1. The van der Waals surface area contributed by atoms with Crippen LogP contribution < -0.4 is 5.32 Å². The van der Waals surface area contributed by atoms with Crippen molar-refractivity contribution in [2.24, 2.45) is 0 Å². The van der Waals surface area contributed by atoms with E-state index in [4.69, 9.17) is 0 Å².